The van der Waals surface area contributed by atoms with Crippen LogP contribution in [0.15, 0.2) is 41.1 Å². The molecule has 3 aromatic heterocycles. The Bertz CT molecular complexity index is 1360. The minimum absolute atomic E-state index is 0.121. The second-order valence-corrected chi connectivity index (χ2v) is 9.07. The van der Waals surface area contributed by atoms with Crippen molar-refractivity contribution in [2.45, 2.75) is 32.4 Å². The SMILES string of the molecule is CC(=O)N1CCC(NCc2nc3c(-c4cnc5ccc(F)cc5c4)cnn3c(N)c2Br)CC1. The number of carbonyl (C=O) groups excluding carboxylic acids is 1. The van der Waals surface area contributed by atoms with Gasteiger partial charge in [-0.05, 0) is 53.0 Å². The third kappa shape index (κ3) is 4.16. The number of hydrogen-bond acceptors (Lipinski definition) is 6. The molecule has 1 aliphatic rings. The van der Waals surface area contributed by atoms with Gasteiger partial charge >= 0.3 is 0 Å². The van der Waals surface area contributed by atoms with E-state index in [1.54, 1.807) is 29.9 Å². The van der Waals surface area contributed by atoms with Crippen LogP contribution in [-0.4, -0.2) is 49.5 Å². The number of amides is 1. The summed E-state index contributed by atoms with van der Waals surface area (Å²) in [6, 6.07) is 6.69. The molecular weight excluding hydrogens is 489 g/mol. The molecule has 1 saturated heterocycles. The molecule has 1 amide bonds. The van der Waals surface area contributed by atoms with E-state index >= 15 is 0 Å². The van der Waals surface area contributed by atoms with Crippen LogP contribution in [0.2, 0.25) is 0 Å². The van der Waals surface area contributed by atoms with E-state index in [0.717, 1.165) is 42.8 Å². The molecule has 0 atom stereocenters. The van der Waals surface area contributed by atoms with Crippen molar-refractivity contribution in [2.75, 3.05) is 18.8 Å². The number of nitrogens with two attached hydrogens (primary N) is 1. The summed E-state index contributed by atoms with van der Waals surface area (Å²) < 4.78 is 16.0. The highest BCUT2D eigenvalue weighted by molar-refractivity contribution is 9.10. The highest BCUT2D eigenvalue weighted by Gasteiger charge is 2.22. The number of anilines is 1. The van der Waals surface area contributed by atoms with Crippen LogP contribution >= 0.6 is 15.9 Å². The number of hydrogen-bond donors (Lipinski definition) is 2. The zero-order valence-electron chi connectivity index (χ0n) is 18.1. The molecule has 0 aliphatic carbocycles. The van der Waals surface area contributed by atoms with Crippen LogP contribution in [0.1, 0.15) is 25.5 Å². The summed E-state index contributed by atoms with van der Waals surface area (Å²) in [5, 5.41) is 8.66. The molecule has 3 N–H and O–H groups in total. The Morgan fingerprint density at radius 1 is 1.27 bits per heavy atom. The van der Waals surface area contributed by atoms with E-state index < -0.39 is 0 Å². The maximum atomic E-state index is 13.7. The molecule has 33 heavy (non-hydrogen) atoms. The summed E-state index contributed by atoms with van der Waals surface area (Å²) in [6.45, 7) is 3.64. The van der Waals surface area contributed by atoms with Crippen molar-refractivity contribution in [1.29, 1.82) is 0 Å². The van der Waals surface area contributed by atoms with Gasteiger partial charge in [-0.2, -0.15) is 9.61 Å². The Morgan fingerprint density at radius 3 is 2.82 bits per heavy atom. The normalized spacial score (nSPS) is 14.9. The topological polar surface area (TPSA) is 101 Å². The van der Waals surface area contributed by atoms with Crippen molar-refractivity contribution in [2.24, 2.45) is 0 Å². The Balaban J connectivity index is 1.44. The molecule has 1 fully saturated rings. The first-order valence-electron chi connectivity index (χ1n) is 10.8. The van der Waals surface area contributed by atoms with E-state index in [-0.39, 0.29) is 11.7 Å². The molecule has 0 radical (unpaired) electrons. The number of rotatable bonds is 4. The molecule has 1 aliphatic heterocycles. The lowest BCUT2D eigenvalue weighted by atomic mass is 10.0. The van der Waals surface area contributed by atoms with Crippen LogP contribution in [-0.2, 0) is 11.3 Å². The monoisotopic (exact) mass is 511 g/mol. The van der Waals surface area contributed by atoms with E-state index in [4.69, 9.17) is 10.7 Å². The predicted octanol–water partition coefficient (Wildman–Crippen LogP) is 3.53. The van der Waals surface area contributed by atoms with Crippen LogP contribution in [0, 0.1) is 5.82 Å². The van der Waals surface area contributed by atoms with Crippen LogP contribution in [0.3, 0.4) is 0 Å². The molecule has 0 unspecified atom stereocenters. The van der Waals surface area contributed by atoms with E-state index in [0.29, 0.717) is 39.4 Å². The fourth-order valence-electron chi connectivity index (χ4n) is 4.25. The summed E-state index contributed by atoms with van der Waals surface area (Å²) in [6.07, 6.45) is 5.22. The van der Waals surface area contributed by atoms with Gasteiger partial charge < -0.3 is 16.0 Å². The third-order valence-electron chi connectivity index (χ3n) is 6.14. The number of halogens is 2. The lowest BCUT2D eigenvalue weighted by Crippen LogP contribution is -2.44. The smallest absolute Gasteiger partial charge is 0.219 e. The fraction of sp³-hybridized carbons (Fsp3) is 0.304. The van der Waals surface area contributed by atoms with Crippen LogP contribution in [0.25, 0.3) is 27.7 Å². The van der Waals surface area contributed by atoms with E-state index in [2.05, 4.69) is 31.3 Å². The number of fused-ring (bicyclic) bond motifs is 2. The van der Waals surface area contributed by atoms with E-state index in [1.807, 2.05) is 11.0 Å². The van der Waals surface area contributed by atoms with Crippen LogP contribution in [0.5, 0.6) is 0 Å². The van der Waals surface area contributed by atoms with Crippen molar-refractivity contribution < 1.29 is 9.18 Å². The van der Waals surface area contributed by atoms with Crippen molar-refractivity contribution in [3.8, 4) is 11.1 Å². The van der Waals surface area contributed by atoms with Gasteiger partial charge in [0.2, 0.25) is 5.91 Å². The molecule has 170 valence electrons. The molecular formula is C23H23BrFN7O. The largest absolute Gasteiger partial charge is 0.383 e. The first-order valence-corrected chi connectivity index (χ1v) is 11.6. The Labute approximate surface area is 198 Å². The summed E-state index contributed by atoms with van der Waals surface area (Å²) in [7, 11) is 0. The molecule has 4 aromatic rings. The van der Waals surface area contributed by atoms with Crippen molar-refractivity contribution >= 4 is 44.2 Å². The number of nitrogens with one attached hydrogen (secondary N) is 1. The van der Waals surface area contributed by atoms with Gasteiger partial charge in [0.05, 0.1) is 21.9 Å². The molecule has 0 spiro atoms. The quantitative estimate of drug-likeness (QED) is 0.434. The lowest BCUT2D eigenvalue weighted by molar-refractivity contribution is -0.129. The predicted molar refractivity (Wildman–Crippen MR) is 128 cm³/mol. The molecule has 10 heteroatoms. The van der Waals surface area contributed by atoms with Crippen molar-refractivity contribution in [1.82, 2.24) is 29.8 Å². The minimum atomic E-state index is -0.310. The second kappa shape index (κ2) is 8.68. The van der Waals surface area contributed by atoms with Gasteiger partial charge in [0.15, 0.2) is 5.65 Å². The maximum absolute atomic E-state index is 13.7. The zero-order valence-corrected chi connectivity index (χ0v) is 19.6. The second-order valence-electron chi connectivity index (χ2n) is 8.27. The summed E-state index contributed by atoms with van der Waals surface area (Å²) >= 11 is 3.57. The Kier molecular flexibility index (Phi) is 5.71. The van der Waals surface area contributed by atoms with Gasteiger partial charge in [0.25, 0.3) is 0 Å². The number of aromatic nitrogens is 4. The van der Waals surface area contributed by atoms with E-state index in [1.165, 1.54) is 12.1 Å². The molecule has 8 nitrogen and oxygen atoms in total. The zero-order chi connectivity index (χ0) is 23.1. The van der Waals surface area contributed by atoms with Gasteiger partial charge in [-0.3, -0.25) is 9.78 Å². The number of piperidine rings is 1. The van der Waals surface area contributed by atoms with Gasteiger partial charge in [0, 0.05) is 55.3 Å². The van der Waals surface area contributed by atoms with Crippen molar-refractivity contribution in [3.05, 3.63) is 52.6 Å². The highest BCUT2D eigenvalue weighted by Crippen LogP contribution is 2.31. The lowest BCUT2D eigenvalue weighted by Gasteiger charge is -2.31. The first kappa shape index (κ1) is 21.7. The minimum Gasteiger partial charge on any atom is -0.383 e. The van der Waals surface area contributed by atoms with E-state index in [9.17, 15) is 9.18 Å². The summed E-state index contributed by atoms with van der Waals surface area (Å²) in [5.74, 6) is 0.264. The van der Waals surface area contributed by atoms with Crippen LogP contribution < -0.4 is 11.1 Å². The average molecular weight is 512 g/mol. The molecule has 4 heterocycles. The van der Waals surface area contributed by atoms with Gasteiger partial charge in [-0.25, -0.2) is 9.37 Å². The number of nitrogens with zero attached hydrogens (tertiary/aromatic N) is 5. The van der Waals surface area contributed by atoms with Gasteiger partial charge in [-0.15, -0.1) is 0 Å². The number of pyridine rings is 1. The molecule has 0 bridgehead atoms. The Morgan fingerprint density at radius 2 is 2.06 bits per heavy atom. The fourth-order valence-corrected chi connectivity index (χ4v) is 4.65. The average Bonchev–Trinajstić information content (AvgIpc) is 3.24. The number of benzene rings is 1. The van der Waals surface area contributed by atoms with Crippen molar-refractivity contribution in [3.63, 3.8) is 0 Å². The third-order valence-corrected chi connectivity index (χ3v) is 7.01. The molecule has 0 saturated carbocycles. The first-order chi connectivity index (χ1) is 15.9. The summed E-state index contributed by atoms with van der Waals surface area (Å²) in [5.41, 5.74) is 10.0. The van der Waals surface area contributed by atoms with Gasteiger partial charge in [0.1, 0.15) is 11.6 Å². The number of nitrogen functional groups attached to an aromatic ring is 1. The standard InChI is InChI=1S/C23H23BrFN7O/c1-13(33)31-6-4-17(5-7-31)27-12-20-21(24)22(26)32-23(30-20)18(11-29-32)15-8-14-9-16(25)2-3-19(14)28-10-15/h2-3,8-11,17,27H,4-7,12,26H2,1H3. The molecule has 5 rings (SSSR count). The maximum Gasteiger partial charge on any atom is 0.219 e. The number of likely N-dealkylation sites (tertiary alicyclic amines) is 1. The molecule has 1 aromatic carbocycles. The number of carbonyl (C=O) groups is 1. The highest BCUT2D eigenvalue weighted by atomic mass is 79.9. The summed E-state index contributed by atoms with van der Waals surface area (Å²) in [4.78, 5) is 22.7. The van der Waals surface area contributed by atoms with Gasteiger partial charge in [-0.1, -0.05) is 0 Å². The van der Waals surface area contributed by atoms with Crippen LogP contribution in [0.4, 0.5) is 10.2 Å². The Hall–Kier alpha value is -3.11.